The number of benzene rings is 2. The van der Waals surface area contributed by atoms with Crippen LogP contribution in [0.3, 0.4) is 0 Å². The fourth-order valence-electron chi connectivity index (χ4n) is 4.06. The molecule has 3 rings (SSSR count). The molecule has 0 radical (unpaired) electrons. The van der Waals surface area contributed by atoms with Gasteiger partial charge in [-0.1, -0.05) is 44.2 Å². The number of nitrogens with zero attached hydrogens (tertiary/aromatic N) is 2. The summed E-state index contributed by atoms with van der Waals surface area (Å²) in [6.07, 6.45) is 1.05. The van der Waals surface area contributed by atoms with Crippen molar-refractivity contribution in [1.82, 2.24) is 9.21 Å². The Morgan fingerprint density at radius 3 is 2.10 bits per heavy atom. The fraction of sp³-hybridized carbons (Fsp3) is 0.435. The molecule has 2 aromatic rings. The summed E-state index contributed by atoms with van der Waals surface area (Å²) in [6, 6.07) is 16.1. The van der Waals surface area contributed by atoms with Gasteiger partial charge in [-0.2, -0.15) is 4.31 Å². The molecule has 1 amide bonds. The van der Waals surface area contributed by atoms with Crippen molar-refractivity contribution in [1.29, 1.82) is 0 Å². The van der Waals surface area contributed by atoms with Crippen LogP contribution in [0.4, 0.5) is 0 Å². The summed E-state index contributed by atoms with van der Waals surface area (Å²) in [5, 5.41) is 0. The first-order valence-corrected chi connectivity index (χ1v) is 11.6. The average Bonchev–Trinajstić information content (AvgIpc) is 2.72. The van der Waals surface area contributed by atoms with Crippen LogP contribution < -0.4 is 0 Å². The number of hydrogen-bond donors (Lipinski definition) is 0. The Hall–Kier alpha value is -2.18. The van der Waals surface area contributed by atoms with Crippen molar-refractivity contribution in [2.45, 2.75) is 38.1 Å². The van der Waals surface area contributed by atoms with Gasteiger partial charge in [-0.3, -0.25) is 4.79 Å². The summed E-state index contributed by atoms with van der Waals surface area (Å²) in [5.41, 5.74) is 1.53. The first kappa shape index (κ1) is 21.5. The van der Waals surface area contributed by atoms with Crippen LogP contribution in [0.15, 0.2) is 59.5 Å². The molecule has 0 spiro atoms. The Morgan fingerprint density at radius 1 is 1.00 bits per heavy atom. The van der Waals surface area contributed by atoms with Crippen LogP contribution >= 0.6 is 0 Å². The minimum absolute atomic E-state index is 0.0802. The fourth-order valence-corrected chi connectivity index (χ4v) is 5.73. The van der Waals surface area contributed by atoms with Gasteiger partial charge in [0.05, 0.1) is 10.9 Å². The van der Waals surface area contributed by atoms with Crippen LogP contribution in [-0.4, -0.2) is 43.7 Å². The van der Waals surface area contributed by atoms with Gasteiger partial charge in [0.1, 0.15) is 0 Å². The molecule has 3 unspecified atom stereocenters. The zero-order valence-corrected chi connectivity index (χ0v) is 18.4. The Kier molecular flexibility index (Phi) is 6.44. The molecule has 1 saturated heterocycles. The lowest BCUT2D eigenvalue weighted by molar-refractivity contribution is 0.0742. The molecule has 156 valence electrons. The van der Waals surface area contributed by atoms with Crippen molar-refractivity contribution in [3.05, 3.63) is 65.7 Å². The number of carbonyl (C=O) groups is 1. The molecule has 2 aromatic carbocycles. The standard InChI is InChI=1S/C23H30N2O3S/c1-17-14-18(2)16-25(15-17)29(27,28)22-12-10-21(11-13-22)23(26)24(4)19(3)20-8-6-5-7-9-20/h5-13,17-19H,14-16H2,1-4H3. The van der Waals surface area contributed by atoms with Crippen molar-refractivity contribution in [3.63, 3.8) is 0 Å². The summed E-state index contributed by atoms with van der Waals surface area (Å²) < 4.78 is 27.6. The van der Waals surface area contributed by atoms with E-state index in [2.05, 4.69) is 13.8 Å². The van der Waals surface area contributed by atoms with Crippen LogP contribution in [0.1, 0.15) is 49.2 Å². The molecule has 0 bridgehead atoms. The van der Waals surface area contributed by atoms with Crippen LogP contribution in [0.5, 0.6) is 0 Å². The van der Waals surface area contributed by atoms with Gasteiger partial charge >= 0.3 is 0 Å². The summed E-state index contributed by atoms with van der Waals surface area (Å²) in [5.74, 6) is 0.565. The van der Waals surface area contributed by atoms with Crippen molar-refractivity contribution in [2.75, 3.05) is 20.1 Å². The number of carbonyl (C=O) groups excluding carboxylic acids is 1. The largest absolute Gasteiger partial charge is 0.335 e. The van der Waals surface area contributed by atoms with E-state index < -0.39 is 10.0 Å². The van der Waals surface area contributed by atoms with Gasteiger partial charge in [0.15, 0.2) is 0 Å². The molecule has 1 fully saturated rings. The van der Waals surface area contributed by atoms with E-state index in [9.17, 15) is 13.2 Å². The van der Waals surface area contributed by atoms with E-state index >= 15 is 0 Å². The lowest BCUT2D eigenvalue weighted by atomic mass is 9.94. The molecule has 29 heavy (non-hydrogen) atoms. The van der Waals surface area contributed by atoms with E-state index in [1.165, 1.54) is 0 Å². The van der Waals surface area contributed by atoms with E-state index in [1.807, 2.05) is 37.3 Å². The van der Waals surface area contributed by atoms with Gasteiger partial charge in [-0.05, 0) is 55.0 Å². The third-order valence-corrected chi connectivity index (χ3v) is 7.60. The summed E-state index contributed by atoms with van der Waals surface area (Å²) in [4.78, 5) is 14.8. The number of hydrogen-bond acceptors (Lipinski definition) is 3. The monoisotopic (exact) mass is 414 g/mol. The molecule has 0 saturated carbocycles. The van der Waals surface area contributed by atoms with E-state index in [1.54, 1.807) is 40.5 Å². The van der Waals surface area contributed by atoms with Crippen molar-refractivity contribution in [3.8, 4) is 0 Å². The highest BCUT2D eigenvalue weighted by molar-refractivity contribution is 7.89. The number of sulfonamides is 1. The third-order valence-electron chi connectivity index (χ3n) is 5.76. The molecule has 0 aliphatic carbocycles. The molecule has 0 N–H and O–H groups in total. The van der Waals surface area contributed by atoms with E-state index in [0.29, 0.717) is 30.5 Å². The summed E-state index contributed by atoms with van der Waals surface area (Å²) >= 11 is 0. The van der Waals surface area contributed by atoms with Crippen LogP contribution in [0.2, 0.25) is 0 Å². The van der Waals surface area contributed by atoms with Gasteiger partial charge in [-0.25, -0.2) is 8.42 Å². The van der Waals surface area contributed by atoms with E-state index in [0.717, 1.165) is 12.0 Å². The van der Waals surface area contributed by atoms with Gasteiger partial charge in [0, 0.05) is 25.7 Å². The maximum Gasteiger partial charge on any atom is 0.254 e. The second-order valence-corrected chi connectivity index (χ2v) is 10.2. The van der Waals surface area contributed by atoms with E-state index in [-0.39, 0.29) is 16.8 Å². The second-order valence-electron chi connectivity index (χ2n) is 8.30. The minimum Gasteiger partial charge on any atom is -0.335 e. The number of rotatable bonds is 5. The van der Waals surface area contributed by atoms with Crippen molar-refractivity contribution < 1.29 is 13.2 Å². The quantitative estimate of drug-likeness (QED) is 0.737. The molecule has 5 nitrogen and oxygen atoms in total. The predicted octanol–water partition coefficient (Wildman–Crippen LogP) is 4.19. The Balaban J connectivity index is 1.76. The molecule has 1 aliphatic heterocycles. The topological polar surface area (TPSA) is 57.7 Å². The third kappa shape index (κ3) is 4.70. The van der Waals surface area contributed by atoms with Crippen LogP contribution in [0.25, 0.3) is 0 Å². The van der Waals surface area contributed by atoms with Crippen LogP contribution in [0, 0.1) is 11.8 Å². The maximum atomic E-state index is 13.0. The lowest BCUT2D eigenvalue weighted by Crippen LogP contribution is -2.42. The Labute approximate surface area is 174 Å². The average molecular weight is 415 g/mol. The van der Waals surface area contributed by atoms with Crippen molar-refractivity contribution >= 4 is 15.9 Å². The highest BCUT2D eigenvalue weighted by Crippen LogP contribution is 2.27. The van der Waals surface area contributed by atoms with Gasteiger partial charge in [0.2, 0.25) is 10.0 Å². The predicted molar refractivity (Wildman–Crippen MR) is 115 cm³/mol. The SMILES string of the molecule is CC1CC(C)CN(S(=O)(=O)c2ccc(C(=O)N(C)C(C)c3ccccc3)cc2)C1. The van der Waals surface area contributed by atoms with Crippen LogP contribution in [-0.2, 0) is 10.0 Å². The summed E-state index contributed by atoms with van der Waals surface area (Å²) in [7, 11) is -1.78. The molecule has 0 aromatic heterocycles. The molecular weight excluding hydrogens is 384 g/mol. The maximum absolute atomic E-state index is 13.0. The summed E-state index contributed by atoms with van der Waals surface area (Å²) in [6.45, 7) is 7.24. The normalized spacial score (nSPS) is 21.5. The van der Waals surface area contributed by atoms with Gasteiger partial charge < -0.3 is 4.90 Å². The molecule has 1 aliphatic rings. The minimum atomic E-state index is -3.54. The second kappa shape index (κ2) is 8.67. The molecule has 6 heteroatoms. The highest BCUT2D eigenvalue weighted by Gasteiger charge is 2.31. The molecule has 1 heterocycles. The van der Waals surface area contributed by atoms with Crippen molar-refractivity contribution in [2.24, 2.45) is 11.8 Å². The lowest BCUT2D eigenvalue weighted by Gasteiger charge is -2.34. The van der Waals surface area contributed by atoms with Gasteiger partial charge in [0.25, 0.3) is 5.91 Å². The van der Waals surface area contributed by atoms with Gasteiger partial charge in [-0.15, -0.1) is 0 Å². The Morgan fingerprint density at radius 2 is 1.55 bits per heavy atom. The first-order chi connectivity index (χ1) is 13.7. The molecule has 3 atom stereocenters. The molecular formula is C23H30N2O3S. The zero-order chi connectivity index (χ0) is 21.2. The number of piperidine rings is 1. The smallest absolute Gasteiger partial charge is 0.254 e. The zero-order valence-electron chi connectivity index (χ0n) is 17.6. The van der Waals surface area contributed by atoms with E-state index in [4.69, 9.17) is 0 Å². The first-order valence-electron chi connectivity index (χ1n) is 10.1. The highest BCUT2D eigenvalue weighted by atomic mass is 32.2. The Bertz CT molecular complexity index is 932. The number of amides is 1.